The summed E-state index contributed by atoms with van der Waals surface area (Å²) in [7, 11) is 2.06. The Labute approximate surface area is 142 Å². The summed E-state index contributed by atoms with van der Waals surface area (Å²) in [6.07, 6.45) is 8.08. The Balaban J connectivity index is 1.38. The standard InChI is InChI=1S/C18H24N6/c1-15-11-22(9-10-23(15)14-18-19-6-8-21(18)2)12-16-13-24-7-4-3-5-17(24)20-16/h3-8,13,15H,9-12,14H2,1-2H3. The summed E-state index contributed by atoms with van der Waals surface area (Å²) in [6, 6.07) is 6.64. The average Bonchev–Trinajstić information content (AvgIpc) is 3.15. The number of fused-ring (bicyclic) bond motifs is 1. The normalized spacial score (nSPS) is 20.0. The molecule has 1 saturated heterocycles. The zero-order chi connectivity index (χ0) is 16.5. The van der Waals surface area contributed by atoms with Gasteiger partial charge in [0.1, 0.15) is 11.5 Å². The molecule has 0 amide bonds. The smallest absolute Gasteiger partial charge is 0.137 e. The predicted molar refractivity (Wildman–Crippen MR) is 93.5 cm³/mol. The van der Waals surface area contributed by atoms with E-state index >= 15 is 0 Å². The summed E-state index contributed by atoms with van der Waals surface area (Å²) < 4.78 is 4.20. The molecule has 0 bridgehead atoms. The van der Waals surface area contributed by atoms with E-state index < -0.39 is 0 Å². The van der Waals surface area contributed by atoms with Crippen LogP contribution in [0.4, 0.5) is 0 Å². The number of pyridine rings is 1. The van der Waals surface area contributed by atoms with Crippen LogP contribution >= 0.6 is 0 Å². The summed E-state index contributed by atoms with van der Waals surface area (Å²) in [5, 5.41) is 0. The van der Waals surface area contributed by atoms with E-state index in [1.165, 1.54) is 0 Å². The van der Waals surface area contributed by atoms with Crippen LogP contribution in [0.3, 0.4) is 0 Å². The van der Waals surface area contributed by atoms with Gasteiger partial charge in [-0.15, -0.1) is 0 Å². The maximum Gasteiger partial charge on any atom is 0.137 e. The van der Waals surface area contributed by atoms with Crippen molar-refractivity contribution in [2.45, 2.75) is 26.1 Å². The summed E-state index contributed by atoms with van der Waals surface area (Å²) in [4.78, 5) is 14.2. The molecule has 0 spiro atoms. The number of aryl methyl sites for hydroxylation is 1. The van der Waals surface area contributed by atoms with Crippen LogP contribution in [0.2, 0.25) is 0 Å². The van der Waals surface area contributed by atoms with Crippen LogP contribution in [-0.2, 0) is 20.1 Å². The molecule has 0 radical (unpaired) electrons. The molecular weight excluding hydrogens is 300 g/mol. The fourth-order valence-corrected chi connectivity index (χ4v) is 3.47. The summed E-state index contributed by atoms with van der Waals surface area (Å²) in [5.74, 6) is 1.13. The highest BCUT2D eigenvalue weighted by Gasteiger charge is 2.25. The van der Waals surface area contributed by atoms with Crippen LogP contribution in [0.5, 0.6) is 0 Å². The van der Waals surface area contributed by atoms with Gasteiger partial charge in [-0.2, -0.15) is 0 Å². The number of hydrogen-bond acceptors (Lipinski definition) is 4. The molecule has 4 rings (SSSR count). The van der Waals surface area contributed by atoms with E-state index in [0.29, 0.717) is 6.04 Å². The fraction of sp³-hybridized carbons (Fsp3) is 0.444. The Morgan fingerprint density at radius 2 is 2.08 bits per heavy atom. The number of imidazole rings is 2. The molecule has 24 heavy (non-hydrogen) atoms. The van der Waals surface area contributed by atoms with Crippen molar-refractivity contribution >= 4 is 5.65 Å². The topological polar surface area (TPSA) is 41.6 Å². The molecule has 1 atom stereocenters. The highest BCUT2D eigenvalue weighted by atomic mass is 15.3. The average molecular weight is 324 g/mol. The molecule has 1 fully saturated rings. The second kappa shape index (κ2) is 6.37. The number of hydrogen-bond donors (Lipinski definition) is 0. The summed E-state index contributed by atoms with van der Waals surface area (Å²) in [5.41, 5.74) is 2.17. The molecule has 4 heterocycles. The van der Waals surface area contributed by atoms with Crippen LogP contribution in [0.1, 0.15) is 18.4 Å². The molecular formula is C18H24N6. The van der Waals surface area contributed by atoms with Gasteiger partial charge in [-0.3, -0.25) is 9.80 Å². The Kier molecular flexibility index (Phi) is 4.08. The largest absolute Gasteiger partial charge is 0.337 e. The molecule has 3 aromatic heterocycles. The second-order valence-electron chi connectivity index (χ2n) is 6.71. The Bertz CT molecular complexity index is 787. The van der Waals surface area contributed by atoms with Gasteiger partial charge in [-0.05, 0) is 19.1 Å². The van der Waals surface area contributed by atoms with Gasteiger partial charge in [-0.25, -0.2) is 9.97 Å². The van der Waals surface area contributed by atoms with Crippen molar-refractivity contribution < 1.29 is 0 Å². The maximum absolute atomic E-state index is 4.72. The number of aromatic nitrogens is 4. The monoisotopic (exact) mass is 324 g/mol. The van der Waals surface area contributed by atoms with Gasteiger partial charge in [-0.1, -0.05) is 6.07 Å². The highest BCUT2D eigenvalue weighted by molar-refractivity contribution is 5.39. The number of piperazine rings is 1. The summed E-state index contributed by atoms with van der Waals surface area (Å²) >= 11 is 0. The minimum Gasteiger partial charge on any atom is -0.337 e. The van der Waals surface area contributed by atoms with Crippen LogP contribution in [0, 0.1) is 0 Å². The molecule has 6 nitrogen and oxygen atoms in total. The zero-order valence-corrected chi connectivity index (χ0v) is 14.3. The highest BCUT2D eigenvalue weighted by Crippen LogP contribution is 2.15. The predicted octanol–water partition coefficient (Wildman–Crippen LogP) is 1.77. The first-order chi connectivity index (χ1) is 11.7. The minimum atomic E-state index is 0.521. The quantitative estimate of drug-likeness (QED) is 0.733. The van der Waals surface area contributed by atoms with E-state index in [-0.39, 0.29) is 0 Å². The minimum absolute atomic E-state index is 0.521. The lowest BCUT2D eigenvalue weighted by Gasteiger charge is -2.39. The van der Waals surface area contributed by atoms with E-state index in [0.717, 1.165) is 49.9 Å². The Hall–Kier alpha value is -2.18. The molecule has 0 aromatic carbocycles. The van der Waals surface area contributed by atoms with E-state index in [1.54, 1.807) is 0 Å². The lowest BCUT2D eigenvalue weighted by molar-refractivity contribution is 0.0701. The molecule has 0 aliphatic carbocycles. The van der Waals surface area contributed by atoms with Gasteiger partial charge >= 0.3 is 0 Å². The van der Waals surface area contributed by atoms with Crippen molar-refractivity contribution in [1.29, 1.82) is 0 Å². The SMILES string of the molecule is CC1CN(Cc2cn3ccccc3n2)CCN1Cc1nccn1C. The van der Waals surface area contributed by atoms with Crippen molar-refractivity contribution in [2.75, 3.05) is 19.6 Å². The summed E-state index contributed by atoms with van der Waals surface area (Å²) in [6.45, 7) is 7.36. The first-order valence-electron chi connectivity index (χ1n) is 8.54. The number of rotatable bonds is 4. The van der Waals surface area contributed by atoms with E-state index in [1.807, 2.05) is 24.5 Å². The third kappa shape index (κ3) is 3.07. The molecule has 0 saturated carbocycles. The van der Waals surface area contributed by atoms with Gasteiger partial charge in [0.25, 0.3) is 0 Å². The van der Waals surface area contributed by atoms with Crippen molar-refractivity contribution in [3.63, 3.8) is 0 Å². The molecule has 3 aromatic rings. The number of nitrogens with zero attached hydrogens (tertiary/aromatic N) is 6. The van der Waals surface area contributed by atoms with Gasteiger partial charge in [0.2, 0.25) is 0 Å². The lowest BCUT2D eigenvalue weighted by Crippen LogP contribution is -2.51. The van der Waals surface area contributed by atoms with Gasteiger partial charge in [0.05, 0.1) is 12.2 Å². The first kappa shape index (κ1) is 15.4. The van der Waals surface area contributed by atoms with Crippen LogP contribution in [-0.4, -0.2) is 54.4 Å². The van der Waals surface area contributed by atoms with Crippen LogP contribution < -0.4 is 0 Å². The van der Waals surface area contributed by atoms with Gasteiger partial charge in [0.15, 0.2) is 0 Å². The van der Waals surface area contributed by atoms with E-state index in [4.69, 9.17) is 4.98 Å². The molecule has 1 aliphatic heterocycles. The van der Waals surface area contributed by atoms with Crippen molar-refractivity contribution in [1.82, 2.24) is 28.7 Å². The van der Waals surface area contributed by atoms with E-state index in [2.05, 4.69) is 56.2 Å². The third-order valence-electron chi connectivity index (χ3n) is 4.91. The third-order valence-corrected chi connectivity index (χ3v) is 4.91. The lowest BCUT2D eigenvalue weighted by atomic mass is 10.2. The van der Waals surface area contributed by atoms with Crippen molar-refractivity contribution in [3.05, 3.63) is 54.5 Å². The van der Waals surface area contributed by atoms with Crippen molar-refractivity contribution in [2.24, 2.45) is 7.05 Å². The van der Waals surface area contributed by atoms with Gasteiger partial charge < -0.3 is 8.97 Å². The molecule has 1 unspecified atom stereocenters. The Morgan fingerprint density at radius 3 is 2.83 bits per heavy atom. The molecule has 6 heteroatoms. The van der Waals surface area contributed by atoms with Gasteiger partial charge in [0, 0.05) is 64.1 Å². The second-order valence-corrected chi connectivity index (χ2v) is 6.71. The molecule has 1 aliphatic rings. The van der Waals surface area contributed by atoms with Crippen LogP contribution in [0.15, 0.2) is 43.0 Å². The van der Waals surface area contributed by atoms with Crippen molar-refractivity contribution in [3.8, 4) is 0 Å². The fourth-order valence-electron chi connectivity index (χ4n) is 3.47. The maximum atomic E-state index is 4.72. The van der Waals surface area contributed by atoms with E-state index in [9.17, 15) is 0 Å². The molecule has 0 N–H and O–H groups in total. The van der Waals surface area contributed by atoms with Crippen LogP contribution in [0.25, 0.3) is 5.65 Å². The molecule has 126 valence electrons. The Morgan fingerprint density at radius 1 is 1.17 bits per heavy atom. The first-order valence-corrected chi connectivity index (χ1v) is 8.54. The zero-order valence-electron chi connectivity index (χ0n) is 14.3.